The van der Waals surface area contributed by atoms with Crippen LogP contribution in [0.3, 0.4) is 0 Å². The molecule has 2 rings (SSSR count). The molecule has 0 spiro atoms. The quantitative estimate of drug-likeness (QED) is 0.709. The molecule has 4 N–H and O–H groups in total. The third-order valence-electron chi connectivity index (χ3n) is 3.41. The van der Waals surface area contributed by atoms with Crippen molar-refractivity contribution in [1.82, 2.24) is 5.32 Å². The van der Waals surface area contributed by atoms with Crippen LogP contribution in [-0.2, 0) is 4.79 Å². The van der Waals surface area contributed by atoms with Gasteiger partial charge in [-0.25, -0.2) is 0 Å². The van der Waals surface area contributed by atoms with E-state index in [1.54, 1.807) is 48.5 Å². The predicted molar refractivity (Wildman–Crippen MR) is 93.5 cm³/mol. The summed E-state index contributed by atoms with van der Waals surface area (Å²) in [6.45, 7) is 0.131. The molecule has 2 aromatic carbocycles. The number of carbonyl (C=O) groups excluding carboxylic acids is 3. The average molecular weight is 341 g/mol. The fraction of sp³-hybridized carbons (Fsp3) is 0.167. The van der Waals surface area contributed by atoms with Crippen molar-refractivity contribution in [2.75, 3.05) is 19.0 Å². The van der Waals surface area contributed by atoms with Gasteiger partial charge in [-0.2, -0.15) is 0 Å². The maximum absolute atomic E-state index is 12.4. The molecular formula is C18H19N3O4. The lowest BCUT2D eigenvalue weighted by Gasteiger charge is -2.11. The first-order valence-corrected chi connectivity index (χ1v) is 7.62. The Morgan fingerprint density at radius 1 is 1.04 bits per heavy atom. The van der Waals surface area contributed by atoms with Gasteiger partial charge in [-0.15, -0.1) is 0 Å². The maximum atomic E-state index is 12.4. The molecule has 0 aliphatic heterocycles. The first-order chi connectivity index (χ1) is 12.0. The van der Waals surface area contributed by atoms with Crippen molar-refractivity contribution in [1.29, 1.82) is 0 Å². The normalized spacial score (nSPS) is 9.96. The summed E-state index contributed by atoms with van der Waals surface area (Å²) in [6.07, 6.45) is 0.0457. The third-order valence-corrected chi connectivity index (χ3v) is 3.41. The summed E-state index contributed by atoms with van der Waals surface area (Å²) in [4.78, 5) is 35.4. The lowest BCUT2D eigenvalue weighted by molar-refractivity contribution is -0.117. The maximum Gasteiger partial charge on any atom is 0.255 e. The number of carbonyl (C=O) groups is 3. The number of para-hydroxylation sites is 1. The zero-order valence-electron chi connectivity index (χ0n) is 13.7. The van der Waals surface area contributed by atoms with Crippen molar-refractivity contribution in [3.05, 3.63) is 59.7 Å². The molecule has 130 valence electrons. The second kappa shape index (κ2) is 8.49. The van der Waals surface area contributed by atoms with Crippen molar-refractivity contribution >= 4 is 23.4 Å². The Morgan fingerprint density at radius 3 is 2.52 bits per heavy atom. The molecule has 0 bridgehead atoms. The number of primary amides is 1. The summed E-state index contributed by atoms with van der Waals surface area (Å²) in [5.41, 5.74) is 6.11. The Balaban J connectivity index is 2.12. The summed E-state index contributed by atoms with van der Waals surface area (Å²) in [5, 5.41) is 5.30. The molecule has 0 fully saturated rings. The van der Waals surface area contributed by atoms with E-state index in [0.717, 1.165) is 0 Å². The number of hydrogen-bond acceptors (Lipinski definition) is 4. The molecule has 0 heterocycles. The van der Waals surface area contributed by atoms with Crippen LogP contribution in [-0.4, -0.2) is 31.4 Å². The number of methoxy groups -OCH3 is 1. The molecule has 0 aliphatic rings. The van der Waals surface area contributed by atoms with Crippen LogP contribution in [0.1, 0.15) is 27.1 Å². The largest absolute Gasteiger partial charge is 0.497 e. The fourth-order valence-corrected chi connectivity index (χ4v) is 2.14. The summed E-state index contributed by atoms with van der Waals surface area (Å²) in [5.74, 6) is -0.705. The highest BCUT2D eigenvalue weighted by Gasteiger charge is 2.14. The summed E-state index contributed by atoms with van der Waals surface area (Å²) in [7, 11) is 1.52. The zero-order chi connectivity index (χ0) is 18.2. The molecule has 0 atom stereocenters. The van der Waals surface area contributed by atoms with Crippen LogP contribution in [0.15, 0.2) is 48.5 Å². The molecule has 0 saturated carbocycles. The van der Waals surface area contributed by atoms with Gasteiger partial charge >= 0.3 is 0 Å². The Hall–Kier alpha value is -3.35. The summed E-state index contributed by atoms with van der Waals surface area (Å²) >= 11 is 0. The fourth-order valence-electron chi connectivity index (χ4n) is 2.14. The smallest absolute Gasteiger partial charge is 0.255 e. The molecule has 25 heavy (non-hydrogen) atoms. The van der Waals surface area contributed by atoms with E-state index in [-0.39, 0.29) is 18.9 Å². The first-order valence-electron chi connectivity index (χ1n) is 7.62. The van der Waals surface area contributed by atoms with Gasteiger partial charge in [0, 0.05) is 18.5 Å². The lowest BCUT2D eigenvalue weighted by atomic mass is 10.1. The number of nitrogens with one attached hydrogen (secondary N) is 2. The van der Waals surface area contributed by atoms with Crippen molar-refractivity contribution < 1.29 is 19.1 Å². The van der Waals surface area contributed by atoms with Crippen molar-refractivity contribution in [3.8, 4) is 5.75 Å². The minimum absolute atomic E-state index is 0.0457. The van der Waals surface area contributed by atoms with Crippen LogP contribution in [0, 0.1) is 0 Å². The highest BCUT2D eigenvalue weighted by molar-refractivity contribution is 6.09. The van der Waals surface area contributed by atoms with E-state index in [1.807, 2.05) is 0 Å². The molecule has 3 amide bonds. The van der Waals surface area contributed by atoms with Crippen molar-refractivity contribution in [2.45, 2.75) is 6.42 Å². The van der Waals surface area contributed by atoms with Crippen LogP contribution >= 0.6 is 0 Å². The van der Waals surface area contributed by atoms with E-state index in [9.17, 15) is 14.4 Å². The van der Waals surface area contributed by atoms with Crippen LogP contribution < -0.4 is 21.1 Å². The van der Waals surface area contributed by atoms with E-state index >= 15 is 0 Å². The van der Waals surface area contributed by atoms with Gasteiger partial charge < -0.3 is 21.1 Å². The number of nitrogens with two attached hydrogens (primary N) is 1. The summed E-state index contributed by atoms with van der Waals surface area (Å²) in [6, 6.07) is 13.3. The summed E-state index contributed by atoms with van der Waals surface area (Å²) < 4.78 is 5.10. The van der Waals surface area contributed by atoms with E-state index in [4.69, 9.17) is 10.5 Å². The topological polar surface area (TPSA) is 111 Å². The molecule has 0 unspecified atom stereocenters. The van der Waals surface area contributed by atoms with E-state index in [2.05, 4.69) is 10.6 Å². The highest BCUT2D eigenvalue weighted by atomic mass is 16.5. The third kappa shape index (κ3) is 5.07. The SMILES string of the molecule is COc1cccc(C(=O)Nc2ccccc2C(=O)NCCC(N)=O)c1. The Labute approximate surface area is 145 Å². The standard InChI is InChI=1S/C18H19N3O4/c1-25-13-6-4-5-12(11-13)17(23)21-15-8-3-2-7-14(15)18(24)20-10-9-16(19)22/h2-8,11H,9-10H2,1H3,(H2,19,22)(H,20,24)(H,21,23). The first kappa shape index (κ1) is 18.0. The van der Waals surface area contributed by atoms with Gasteiger partial charge in [-0.1, -0.05) is 18.2 Å². The average Bonchev–Trinajstić information content (AvgIpc) is 2.61. The molecule has 7 heteroatoms. The van der Waals surface area contributed by atoms with Crippen LogP contribution in [0.2, 0.25) is 0 Å². The Morgan fingerprint density at radius 2 is 1.80 bits per heavy atom. The Bertz CT molecular complexity index is 789. The predicted octanol–water partition coefficient (Wildman–Crippen LogP) is 1.55. The molecule has 0 radical (unpaired) electrons. The van der Waals surface area contributed by atoms with Gasteiger partial charge in [0.2, 0.25) is 5.91 Å². The van der Waals surface area contributed by atoms with Crippen molar-refractivity contribution in [3.63, 3.8) is 0 Å². The van der Waals surface area contributed by atoms with E-state index < -0.39 is 11.8 Å². The minimum atomic E-state index is -0.500. The van der Waals surface area contributed by atoms with Crippen LogP contribution in [0.4, 0.5) is 5.69 Å². The number of amides is 3. The van der Waals surface area contributed by atoms with Gasteiger partial charge in [0.05, 0.1) is 18.4 Å². The van der Waals surface area contributed by atoms with Crippen LogP contribution in [0.25, 0.3) is 0 Å². The molecule has 2 aromatic rings. The van der Waals surface area contributed by atoms with Gasteiger partial charge in [0.25, 0.3) is 11.8 Å². The van der Waals surface area contributed by atoms with Crippen molar-refractivity contribution in [2.24, 2.45) is 5.73 Å². The number of hydrogen-bond donors (Lipinski definition) is 3. The monoisotopic (exact) mass is 341 g/mol. The molecule has 0 aromatic heterocycles. The molecule has 0 aliphatic carbocycles. The van der Waals surface area contributed by atoms with Gasteiger partial charge in [0.1, 0.15) is 5.75 Å². The van der Waals surface area contributed by atoms with Crippen LogP contribution in [0.5, 0.6) is 5.75 Å². The number of rotatable bonds is 7. The van der Waals surface area contributed by atoms with E-state index in [1.165, 1.54) is 7.11 Å². The molecular weight excluding hydrogens is 322 g/mol. The second-order valence-corrected chi connectivity index (χ2v) is 5.20. The Kier molecular flexibility index (Phi) is 6.11. The van der Waals surface area contributed by atoms with Gasteiger partial charge in [-0.05, 0) is 30.3 Å². The number of ether oxygens (including phenoxy) is 1. The number of benzene rings is 2. The molecule has 7 nitrogen and oxygen atoms in total. The van der Waals surface area contributed by atoms with E-state index in [0.29, 0.717) is 22.6 Å². The molecule has 0 saturated heterocycles. The second-order valence-electron chi connectivity index (χ2n) is 5.20. The highest BCUT2D eigenvalue weighted by Crippen LogP contribution is 2.18. The zero-order valence-corrected chi connectivity index (χ0v) is 13.7. The van der Waals surface area contributed by atoms with Gasteiger partial charge in [0.15, 0.2) is 0 Å². The van der Waals surface area contributed by atoms with Gasteiger partial charge in [-0.3, -0.25) is 14.4 Å². The minimum Gasteiger partial charge on any atom is -0.497 e. The lowest BCUT2D eigenvalue weighted by Crippen LogP contribution is -2.28. The number of anilines is 1.